The maximum absolute atomic E-state index is 9.52. The maximum Gasteiger partial charge on any atom is 0.0554 e. The number of nitrogens with two attached hydrogens (primary N) is 1. The molecule has 12 heavy (non-hydrogen) atoms. The molecule has 1 fully saturated rings. The fourth-order valence-corrected chi connectivity index (χ4v) is 2.12. The Hall–Kier alpha value is -0.0800. The van der Waals surface area contributed by atoms with E-state index in [0.29, 0.717) is 6.54 Å². The molecule has 2 heteroatoms. The summed E-state index contributed by atoms with van der Waals surface area (Å²) in [5, 5.41) is 9.52. The van der Waals surface area contributed by atoms with Gasteiger partial charge in [0.1, 0.15) is 0 Å². The largest absolute Gasteiger partial charge is 0.393 e. The lowest BCUT2D eigenvalue weighted by Gasteiger charge is -2.23. The van der Waals surface area contributed by atoms with Gasteiger partial charge in [0.15, 0.2) is 0 Å². The number of hydrogen-bond acceptors (Lipinski definition) is 2. The summed E-state index contributed by atoms with van der Waals surface area (Å²) in [6.45, 7) is 0.619. The minimum Gasteiger partial charge on any atom is -0.393 e. The lowest BCUT2D eigenvalue weighted by atomic mass is 9.85. The predicted octanol–water partition coefficient (Wildman–Crippen LogP) is 1.67. The number of rotatable bonds is 4. The van der Waals surface area contributed by atoms with Gasteiger partial charge in [0.25, 0.3) is 0 Å². The summed E-state index contributed by atoms with van der Waals surface area (Å²) in [6, 6.07) is 0. The highest BCUT2D eigenvalue weighted by Gasteiger charge is 2.16. The second-order valence-corrected chi connectivity index (χ2v) is 3.97. The van der Waals surface area contributed by atoms with Crippen molar-refractivity contribution in [2.75, 3.05) is 6.54 Å². The molecule has 0 saturated heterocycles. The van der Waals surface area contributed by atoms with Crippen LogP contribution in [0.2, 0.25) is 0 Å². The summed E-state index contributed by atoms with van der Waals surface area (Å²) in [7, 11) is 0. The van der Waals surface area contributed by atoms with Crippen molar-refractivity contribution in [3.63, 3.8) is 0 Å². The Morgan fingerprint density at radius 3 is 2.50 bits per heavy atom. The van der Waals surface area contributed by atoms with Crippen LogP contribution >= 0.6 is 0 Å². The van der Waals surface area contributed by atoms with E-state index in [-0.39, 0.29) is 6.10 Å². The Morgan fingerprint density at radius 2 is 1.92 bits per heavy atom. The molecule has 1 aliphatic rings. The molecule has 1 atom stereocenters. The Kier molecular flexibility index (Phi) is 4.62. The molecule has 0 unspecified atom stereocenters. The van der Waals surface area contributed by atoms with Crippen LogP contribution in [0.15, 0.2) is 0 Å². The lowest BCUT2D eigenvalue weighted by molar-refractivity contribution is 0.124. The fourth-order valence-electron chi connectivity index (χ4n) is 2.12. The van der Waals surface area contributed by atoms with Gasteiger partial charge in [0.05, 0.1) is 6.10 Å². The van der Waals surface area contributed by atoms with Crippen molar-refractivity contribution >= 4 is 0 Å². The van der Waals surface area contributed by atoms with Gasteiger partial charge >= 0.3 is 0 Å². The highest BCUT2D eigenvalue weighted by atomic mass is 16.3. The SMILES string of the molecule is NCC[C@H](O)CC1CCCCC1. The standard InChI is InChI=1S/C10H21NO/c11-7-6-10(12)8-9-4-2-1-3-5-9/h9-10,12H,1-8,11H2/t10-/m0/s1. The van der Waals surface area contributed by atoms with Crippen molar-refractivity contribution in [1.29, 1.82) is 0 Å². The molecule has 0 aromatic heterocycles. The van der Waals surface area contributed by atoms with Gasteiger partial charge in [0.2, 0.25) is 0 Å². The Bertz CT molecular complexity index is 110. The molecule has 0 aromatic rings. The van der Waals surface area contributed by atoms with E-state index < -0.39 is 0 Å². The highest BCUT2D eigenvalue weighted by Crippen LogP contribution is 2.27. The first-order chi connectivity index (χ1) is 5.83. The van der Waals surface area contributed by atoms with E-state index in [2.05, 4.69) is 0 Å². The van der Waals surface area contributed by atoms with Crippen LogP contribution in [0.4, 0.5) is 0 Å². The second kappa shape index (κ2) is 5.55. The quantitative estimate of drug-likeness (QED) is 0.676. The third-order valence-corrected chi connectivity index (χ3v) is 2.83. The molecule has 0 bridgehead atoms. The normalized spacial score (nSPS) is 22.5. The molecule has 2 nitrogen and oxygen atoms in total. The van der Waals surface area contributed by atoms with Crippen LogP contribution in [0.5, 0.6) is 0 Å². The van der Waals surface area contributed by atoms with Gasteiger partial charge in [-0.3, -0.25) is 0 Å². The molecule has 72 valence electrons. The van der Waals surface area contributed by atoms with Gasteiger partial charge in [-0.05, 0) is 25.3 Å². The molecule has 0 radical (unpaired) electrons. The molecule has 1 saturated carbocycles. The van der Waals surface area contributed by atoms with E-state index in [1.807, 2.05) is 0 Å². The van der Waals surface area contributed by atoms with Crippen LogP contribution in [0.25, 0.3) is 0 Å². The summed E-state index contributed by atoms with van der Waals surface area (Å²) >= 11 is 0. The Morgan fingerprint density at radius 1 is 1.25 bits per heavy atom. The van der Waals surface area contributed by atoms with Crippen molar-refractivity contribution in [3.05, 3.63) is 0 Å². The van der Waals surface area contributed by atoms with Crippen molar-refractivity contribution in [2.24, 2.45) is 11.7 Å². The average molecular weight is 171 g/mol. The first-order valence-electron chi connectivity index (χ1n) is 5.21. The first-order valence-corrected chi connectivity index (χ1v) is 5.21. The van der Waals surface area contributed by atoms with Crippen molar-refractivity contribution in [3.8, 4) is 0 Å². The van der Waals surface area contributed by atoms with Crippen LogP contribution in [0, 0.1) is 5.92 Å². The minimum atomic E-state index is -0.141. The molecule has 1 aliphatic carbocycles. The third kappa shape index (κ3) is 3.55. The van der Waals surface area contributed by atoms with Crippen molar-refractivity contribution in [2.45, 2.75) is 51.0 Å². The van der Waals surface area contributed by atoms with E-state index in [9.17, 15) is 5.11 Å². The monoisotopic (exact) mass is 171 g/mol. The minimum absolute atomic E-state index is 0.141. The van der Waals surface area contributed by atoms with Crippen molar-refractivity contribution in [1.82, 2.24) is 0 Å². The zero-order chi connectivity index (χ0) is 8.81. The van der Waals surface area contributed by atoms with Gasteiger partial charge in [-0.15, -0.1) is 0 Å². The van der Waals surface area contributed by atoms with Gasteiger partial charge in [-0.25, -0.2) is 0 Å². The Labute approximate surface area is 75.2 Å². The molecule has 0 heterocycles. The van der Waals surface area contributed by atoms with Gasteiger partial charge in [-0.2, -0.15) is 0 Å². The zero-order valence-corrected chi connectivity index (χ0v) is 7.84. The summed E-state index contributed by atoms with van der Waals surface area (Å²) in [4.78, 5) is 0. The molecular weight excluding hydrogens is 150 g/mol. The molecule has 0 spiro atoms. The summed E-state index contributed by atoms with van der Waals surface area (Å²) in [6.07, 6.45) is 8.37. The smallest absolute Gasteiger partial charge is 0.0554 e. The van der Waals surface area contributed by atoms with Gasteiger partial charge in [0, 0.05) is 0 Å². The molecule has 3 N–H and O–H groups in total. The second-order valence-electron chi connectivity index (χ2n) is 3.97. The van der Waals surface area contributed by atoms with Crippen LogP contribution in [0.3, 0.4) is 0 Å². The summed E-state index contributed by atoms with van der Waals surface area (Å²) in [5.41, 5.74) is 5.37. The lowest BCUT2D eigenvalue weighted by Crippen LogP contribution is -2.19. The fraction of sp³-hybridized carbons (Fsp3) is 1.00. The van der Waals surface area contributed by atoms with Crippen LogP contribution < -0.4 is 5.73 Å². The topological polar surface area (TPSA) is 46.2 Å². The summed E-state index contributed by atoms with van der Waals surface area (Å²) < 4.78 is 0. The third-order valence-electron chi connectivity index (χ3n) is 2.83. The summed E-state index contributed by atoms with van der Waals surface area (Å²) in [5.74, 6) is 0.778. The van der Waals surface area contributed by atoms with Crippen molar-refractivity contribution < 1.29 is 5.11 Å². The number of hydrogen-bond donors (Lipinski definition) is 2. The zero-order valence-electron chi connectivity index (χ0n) is 7.84. The van der Waals surface area contributed by atoms with Crippen LogP contribution in [-0.4, -0.2) is 17.8 Å². The molecule has 0 aromatic carbocycles. The predicted molar refractivity (Wildman–Crippen MR) is 50.9 cm³/mol. The van der Waals surface area contributed by atoms with E-state index in [0.717, 1.165) is 18.8 Å². The average Bonchev–Trinajstić information content (AvgIpc) is 2.06. The number of aliphatic hydroxyl groups excluding tert-OH is 1. The molecular formula is C10H21NO. The van der Waals surface area contributed by atoms with E-state index >= 15 is 0 Å². The van der Waals surface area contributed by atoms with Gasteiger partial charge < -0.3 is 10.8 Å². The molecule has 0 aliphatic heterocycles. The molecule has 0 amide bonds. The van der Waals surface area contributed by atoms with E-state index in [1.54, 1.807) is 0 Å². The molecule has 1 rings (SSSR count). The maximum atomic E-state index is 9.52. The highest BCUT2D eigenvalue weighted by molar-refractivity contribution is 4.69. The van der Waals surface area contributed by atoms with Crippen LogP contribution in [-0.2, 0) is 0 Å². The van der Waals surface area contributed by atoms with Gasteiger partial charge in [-0.1, -0.05) is 32.1 Å². The Balaban J connectivity index is 2.11. The van der Waals surface area contributed by atoms with E-state index in [1.165, 1.54) is 32.1 Å². The van der Waals surface area contributed by atoms with E-state index in [4.69, 9.17) is 5.73 Å². The first kappa shape index (κ1) is 10.0. The van der Waals surface area contributed by atoms with Crippen LogP contribution in [0.1, 0.15) is 44.9 Å². The number of aliphatic hydroxyl groups is 1.